The molecule has 1 saturated carbocycles. The van der Waals surface area contributed by atoms with Crippen molar-refractivity contribution in [2.24, 2.45) is 11.8 Å². The highest BCUT2D eigenvalue weighted by Gasteiger charge is 2.27. The zero-order valence-electron chi connectivity index (χ0n) is 11.6. The second kappa shape index (κ2) is 6.30. The Morgan fingerprint density at radius 3 is 2.68 bits per heavy atom. The SMILES string of the molecule is CC(C)C1CCCCC1Nc1ccc(C#N)cc1Cl. The minimum Gasteiger partial charge on any atom is -0.381 e. The smallest absolute Gasteiger partial charge is 0.0992 e. The van der Waals surface area contributed by atoms with E-state index in [1.54, 1.807) is 6.07 Å². The third-order valence-corrected chi connectivity index (χ3v) is 4.43. The van der Waals surface area contributed by atoms with Crippen molar-refractivity contribution in [2.45, 2.75) is 45.6 Å². The zero-order chi connectivity index (χ0) is 13.8. The summed E-state index contributed by atoms with van der Waals surface area (Å²) in [5.74, 6) is 1.40. The largest absolute Gasteiger partial charge is 0.381 e. The van der Waals surface area contributed by atoms with Crippen LogP contribution in [0.2, 0.25) is 5.02 Å². The number of rotatable bonds is 3. The van der Waals surface area contributed by atoms with Gasteiger partial charge in [-0.15, -0.1) is 0 Å². The summed E-state index contributed by atoms with van der Waals surface area (Å²) < 4.78 is 0. The Morgan fingerprint density at radius 2 is 2.05 bits per heavy atom. The Balaban J connectivity index is 2.13. The van der Waals surface area contributed by atoms with E-state index in [1.807, 2.05) is 12.1 Å². The van der Waals surface area contributed by atoms with Crippen molar-refractivity contribution in [3.05, 3.63) is 28.8 Å². The zero-order valence-corrected chi connectivity index (χ0v) is 12.4. The summed E-state index contributed by atoms with van der Waals surface area (Å²) in [4.78, 5) is 0. The van der Waals surface area contributed by atoms with Gasteiger partial charge in [0.25, 0.3) is 0 Å². The molecule has 2 nitrogen and oxygen atoms in total. The molecule has 1 aliphatic rings. The van der Waals surface area contributed by atoms with Crippen LogP contribution in [0.25, 0.3) is 0 Å². The lowest BCUT2D eigenvalue weighted by Crippen LogP contribution is -2.35. The van der Waals surface area contributed by atoms with Crippen LogP contribution in [0.3, 0.4) is 0 Å². The van der Waals surface area contributed by atoms with E-state index in [1.165, 1.54) is 25.7 Å². The number of nitrogens with one attached hydrogen (secondary N) is 1. The first-order valence-corrected chi connectivity index (χ1v) is 7.46. The normalized spacial score (nSPS) is 23.1. The molecule has 0 bridgehead atoms. The van der Waals surface area contributed by atoms with Gasteiger partial charge in [-0.1, -0.05) is 38.3 Å². The summed E-state index contributed by atoms with van der Waals surface area (Å²) in [6.07, 6.45) is 5.12. The number of hydrogen-bond donors (Lipinski definition) is 1. The minimum absolute atomic E-state index is 0.499. The van der Waals surface area contributed by atoms with E-state index in [2.05, 4.69) is 25.2 Å². The van der Waals surface area contributed by atoms with E-state index in [4.69, 9.17) is 16.9 Å². The van der Waals surface area contributed by atoms with Crippen LogP contribution < -0.4 is 5.32 Å². The number of anilines is 1. The van der Waals surface area contributed by atoms with Crippen LogP contribution in [0.4, 0.5) is 5.69 Å². The Morgan fingerprint density at radius 1 is 1.32 bits per heavy atom. The highest BCUT2D eigenvalue weighted by Crippen LogP contribution is 2.34. The van der Waals surface area contributed by atoms with E-state index < -0.39 is 0 Å². The first-order valence-electron chi connectivity index (χ1n) is 7.08. The van der Waals surface area contributed by atoms with Crippen LogP contribution in [-0.2, 0) is 0 Å². The van der Waals surface area contributed by atoms with E-state index >= 15 is 0 Å². The monoisotopic (exact) mass is 276 g/mol. The van der Waals surface area contributed by atoms with Gasteiger partial charge < -0.3 is 5.32 Å². The van der Waals surface area contributed by atoms with Gasteiger partial charge in [0.15, 0.2) is 0 Å². The molecule has 2 atom stereocenters. The van der Waals surface area contributed by atoms with Crippen LogP contribution in [0.5, 0.6) is 0 Å². The lowest BCUT2D eigenvalue weighted by molar-refractivity contribution is 0.254. The van der Waals surface area contributed by atoms with Gasteiger partial charge in [0.1, 0.15) is 0 Å². The summed E-state index contributed by atoms with van der Waals surface area (Å²) in [6.45, 7) is 4.59. The molecule has 1 aromatic carbocycles. The second-order valence-electron chi connectivity index (χ2n) is 5.75. The third-order valence-electron chi connectivity index (χ3n) is 4.11. The lowest BCUT2D eigenvalue weighted by atomic mass is 9.78. The van der Waals surface area contributed by atoms with Crippen molar-refractivity contribution in [1.29, 1.82) is 5.26 Å². The van der Waals surface area contributed by atoms with Crippen LogP contribution >= 0.6 is 11.6 Å². The number of benzene rings is 1. The van der Waals surface area contributed by atoms with Crippen LogP contribution in [-0.4, -0.2) is 6.04 Å². The molecule has 1 N–H and O–H groups in total. The fourth-order valence-corrected chi connectivity index (χ4v) is 3.27. The van der Waals surface area contributed by atoms with E-state index in [9.17, 15) is 0 Å². The van der Waals surface area contributed by atoms with Crippen molar-refractivity contribution in [2.75, 3.05) is 5.32 Å². The fraction of sp³-hybridized carbons (Fsp3) is 0.562. The molecule has 0 saturated heterocycles. The summed E-state index contributed by atoms with van der Waals surface area (Å²) in [5.41, 5.74) is 1.57. The number of hydrogen-bond acceptors (Lipinski definition) is 2. The predicted octanol–water partition coefficient (Wildman–Crippen LogP) is 4.84. The molecule has 1 fully saturated rings. The molecule has 3 heteroatoms. The predicted molar refractivity (Wildman–Crippen MR) is 80.4 cm³/mol. The topological polar surface area (TPSA) is 35.8 Å². The summed E-state index contributed by atoms with van der Waals surface area (Å²) in [7, 11) is 0. The van der Waals surface area contributed by atoms with Crippen LogP contribution in [0.15, 0.2) is 18.2 Å². The maximum atomic E-state index is 8.86. The molecular weight excluding hydrogens is 256 g/mol. The molecule has 2 rings (SSSR count). The first-order chi connectivity index (χ1) is 9.11. The molecule has 1 aromatic rings. The molecule has 0 amide bonds. The standard InChI is InChI=1S/C16H21ClN2/c1-11(2)13-5-3-4-6-15(13)19-16-8-7-12(10-18)9-14(16)17/h7-9,11,13,15,19H,3-6H2,1-2H3. The molecule has 102 valence electrons. The van der Waals surface area contributed by atoms with Gasteiger partial charge in [0.05, 0.1) is 22.3 Å². The molecule has 0 heterocycles. The minimum atomic E-state index is 0.499. The summed E-state index contributed by atoms with van der Waals surface area (Å²) >= 11 is 6.24. The maximum absolute atomic E-state index is 8.86. The lowest BCUT2D eigenvalue weighted by Gasteiger charge is -2.35. The molecule has 19 heavy (non-hydrogen) atoms. The maximum Gasteiger partial charge on any atom is 0.0992 e. The average molecular weight is 277 g/mol. The Bertz CT molecular complexity index is 476. The van der Waals surface area contributed by atoms with Crippen LogP contribution in [0, 0.1) is 23.2 Å². The molecule has 0 radical (unpaired) electrons. The van der Waals surface area contributed by atoms with Crippen molar-refractivity contribution < 1.29 is 0 Å². The highest BCUT2D eigenvalue weighted by molar-refractivity contribution is 6.33. The van der Waals surface area contributed by atoms with Gasteiger partial charge in [0.2, 0.25) is 0 Å². The Labute approximate surface area is 120 Å². The van der Waals surface area contributed by atoms with Gasteiger partial charge >= 0.3 is 0 Å². The quantitative estimate of drug-likeness (QED) is 0.857. The van der Waals surface area contributed by atoms with Crippen molar-refractivity contribution >= 4 is 17.3 Å². The molecule has 0 aliphatic heterocycles. The first kappa shape index (κ1) is 14.2. The van der Waals surface area contributed by atoms with Gasteiger partial charge in [0, 0.05) is 6.04 Å². The Kier molecular flexibility index (Phi) is 4.71. The Hall–Kier alpha value is -1.20. The van der Waals surface area contributed by atoms with Crippen molar-refractivity contribution in [1.82, 2.24) is 0 Å². The van der Waals surface area contributed by atoms with Gasteiger partial charge in [-0.25, -0.2) is 0 Å². The van der Waals surface area contributed by atoms with Gasteiger partial charge in [-0.05, 0) is 42.9 Å². The average Bonchev–Trinajstić information content (AvgIpc) is 2.41. The number of nitrogens with zero attached hydrogens (tertiary/aromatic N) is 1. The molecule has 1 aliphatic carbocycles. The second-order valence-corrected chi connectivity index (χ2v) is 6.16. The molecular formula is C16H21ClN2. The molecule has 0 spiro atoms. The summed E-state index contributed by atoms with van der Waals surface area (Å²) in [5, 5.41) is 13.1. The van der Waals surface area contributed by atoms with Gasteiger partial charge in [-0.3, -0.25) is 0 Å². The number of nitriles is 1. The highest BCUT2D eigenvalue weighted by atomic mass is 35.5. The number of halogens is 1. The van der Waals surface area contributed by atoms with Gasteiger partial charge in [-0.2, -0.15) is 5.26 Å². The summed E-state index contributed by atoms with van der Waals surface area (Å²) in [6, 6.07) is 8.09. The van der Waals surface area contributed by atoms with E-state index in [0.717, 1.165) is 5.69 Å². The van der Waals surface area contributed by atoms with Crippen molar-refractivity contribution in [3.63, 3.8) is 0 Å². The van der Waals surface area contributed by atoms with Crippen molar-refractivity contribution in [3.8, 4) is 6.07 Å². The third kappa shape index (κ3) is 3.42. The fourth-order valence-electron chi connectivity index (χ4n) is 3.04. The molecule has 0 aromatic heterocycles. The van der Waals surface area contributed by atoms with Crippen LogP contribution in [0.1, 0.15) is 45.1 Å². The van der Waals surface area contributed by atoms with E-state index in [0.29, 0.717) is 28.5 Å². The molecule has 2 unspecified atom stereocenters. The van der Waals surface area contributed by atoms with E-state index in [-0.39, 0.29) is 0 Å².